The van der Waals surface area contributed by atoms with Gasteiger partial charge in [0.05, 0.1) is 5.60 Å². The van der Waals surface area contributed by atoms with E-state index in [9.17, 15) is 14.3 Å². The van der Waals surface area contributed by atoms with Crippen molar-refractivity contribution in [1.82, 2.24) is 9.88 Å². The minimum Gasteiger partial charge on any atom is -0.389 e. The quantitative estimate of drug-likeness (QED) is 0.730. The maximum absolute atomic E-state index is 13.2. The van der Waals surface area contributed by atoms with Crippen LogP contribution >= 0.6 is 0 Å². The second-order valence-electron chi connectivity index (χ2n) is 7.60. The number of benzene rings is 2. The standard InChI is InChI=1S/C24H23FN2O2/c25-20-7-5-18(6-8-20)17-24(29)11-15-27(16-12-24)23(28)22-4-2-1-3-21(22)19-9-13-26-14-10-19/h1-10,13-14,29H,11-12,15-17H2. The van der Waals surface area contributed by atoms with Crippen LogP contribution in [0.2, 0.25) is 0 Å². The molecular formula is C24H23FN2O2. The first-order chi connectivity index (χ1) is 14.0. The lowest BCUT2D eigenvalue weighted by atomic mass is 9.85. The van der Waals surface area contributed by atoms with E-state index in [-0.39, 0.29) is 11.7 Å². The molecule has 29 heavy (non-hydrogen) atoms. The number of carbonyl (C=O) groups is 1. The Bertz CT molecular complexity index is 981. The van der Waals surface area contributed by atoms with Crippen LogP contribution in [0.3, 0.4) is 0 Å². The molecule has 4 nitrogen and oxygen atoms in total. The van der Waals surface area contributed by atoms with Crippen LogP contribution in [-0.4, -0.2) is 39.6 Å². The number of piperidine rings is 1. The maximum atomic E-state index is 13.2. The monoisotopic (exact) mass is 390 g/mol. The molecule has 0 saturated carbocycles. The Morgan fingerprint density at radius 3 is 2.34 bits per heavy atom. The molecule has 1 aromatic heterocycles. The molecule has 2 heterocycles. The van der Waals surface area contributed by atoms with E-state index >= 15 is 0 Å². The first-order valence-electron chi connectivity index (χ1n) is 9.80. The fourth-order valence-corrected chi connectivity index (χ4v) is 3.91. The van der Waals surface area contributed by atoms with Gasteiger partial charge >= 0.3 is 0 Å². The average Bonchev–Trinajstić information content (AvgIpc) is 2.76. The highest BCUT2D eigenvalue weighted by molar-refractivity contribution is 6.00. The smallest absolute Gasteiger partial charge is 0.254 e. The van der Waals surface area contributed by atoms with Gasteiger partial charge in [-0.15, -0.1) is 0 Å². The lowest BCUT2D eigenvalue weighted by Gasteiger charge is -2.38. The van der Waals surface area contributed by atoms with Crippen molar-refractivity contribution in [2.24, 2.45) is 0 Å². The minimum atomic E-state index is -0.876. The number of aromatic nitrogens is 1. The van der Waals surface area contributed by atoms with Crippen LogP contribution in [0.4, 0.5) is 4.39 Å². The topological polar surface area (TPSA) is 53.4 Å². The predicted octanol–water partition coefficient (Wildman–Crippen LogP) is 4.10. The van der Waals surface area contributed by atoms with Gasteiger partial charge in [0.15, 0.2) is 0 Å². The Hall–Kier alpha value is -3.05. The molecule has 1 fully saturated rings. The summed E-state index contributed by atoms with van der Waals surface area (Å²) in [4.78, 5) is 19.0. The molecule has 1 amide bonds. The van der Waals surface area contributed by atoms with Crippen LogP contribution < -0.4 is 0 Å². The second-order valence-corrected chi connectivity index (χ2v) is 7.60. The molecule has 1 saturated heterocycles. The molecule has 1 N–H and O–H groups in total. The lowest BCUT2D eigenvalue weighted by Crippen LogP contribution is -2.47. The number of aliphatic hydroxyl groups is 1. The maximum Gasteiger partial charge on any atom is 0.254 e. The highest BCUT2D eigenvalue weighted by atomic mass is 19.1. The number of nitrogens with zero attached hydrogens (tertiary/aromatic N) is 2. The van der Waals surface area contributed by atoms with Crippen LogP contribution in [0.15, 0.2) is 73.1 Å². The first kappa shape index (κ1) is 19.3. The zero-order valence-electron chi connectivity index (χ0n) is 16.1. The average molecular weight is 390 g/mol. The third-order valence-electron chi connectivity index (χ3n) is 5.58. The van der Waals surface area contributed by atoms with Crippen molar-refractivity contribution in [2.75, 3.05) is 13.1 Å². The van der Waals surface area contributed by atoms with Gasteiger partial charge in [0.1, 0.15) is 5.82 Å². The molecule has 5 heteroatoms. The van der Waals surface area contributed by atoms with Crippen LogP contribution in [0.25, 0.3) is 11.1 Å². The summed E-state index contributed by atoms with van der Waals surface area (Å²) in [5, 5.41) is 11.0. The lowest BCUT2D eigenvalue weighted by molar-refractivity contribution is -0.0162. The molecule has 0 spiro atoms. The number of pyridine rings is 1. The molecule has 0 unspecified atom stereocenters. The number of hydrogen-bond donors (Lipinski definition) is 1. The Morgan fingerprint density at radius 2 is 1.66 bits per heavy atom. The molecule has 1 aliphatic heterocycles. The Morgan fingerprint density at radius 1 is 1.00 bits per heavy atom. The van der Waals surface area contributed by atoms with Crippen LogP contribution in [0.1, 0.15) is 28.8 Å². The molecule has 1 aliphatic rings. The zero-order chi connectivity index (χ0) is 20.3. The van der Waals surface area contributed by atoms with Gasteiger partial charge in [-0.25, -0.2) is 4.39 Å². The molecular weight excluding hydrogens is 367 g/mol. The van der Waals surface area contributed by atoms with E-state index in [2.05, 4.69) is 4.98 Å². The summed E-state index contributed by atoms with van der Waals surface area (Å²) < 4.78 is 13.1. The van der Waals surface area contributed by atoms with Crippen LogP contribution in [-0.2, 0) is 6.42 Å². The van der Waals surface area contributed by atoms with E-state index < -0.39 is 5.60 Å². The summed E-state index contributed by atoms with van der Waals surface area (Å²) >= 11 is 0. The molecule has 0 bridgehead atoms. The molecule has 0 aliphatic carbocycles. The highest BCUT2D eigenvalue weighted by Gasteiger charge is 2.34. The number of rotatable bonds is 4. The Labute approximate surface area is 169 Å². The fourth-order valence-electron chi connectivity index (χ4n) is 3.91. The van der Waals surface area contributed by atoms with Crippen LogP contribution in [0, 0.1) is 5.82 Å². The van der Waals surface area contributed by atoms with Crippen molar-refractivity contribution in [3.05, 3.63) is 90.0 Å². The van der Waals surface area contributed by atoms with Crippen molar-refractivity contribution in [3.8, 4) is 11.1 Å². The number of carbonyl (C=O) groups excluding carboxylic acids is 1. The fraction of sp³-hybridized carbons (Fsp3) is 0.250. The number of halogens is 1. The van der Waals surface area contributed by atoms with E-state index in [0.29, 0.717) is 37.9 Å². The zero-order valence-corrected chi connectivity index (χ0v) is 16.1. The molecule has 3 aromatic rings. The first-order valence-corrected chi connectivity index (χ1v) is 9.80. The van der Waals surface area contributed by atoms with Crippen molar-refractivity contribution >= 4 is 5.91 Å². The van der Waals surface area contributed by atoms with Crippen LogP contribution in [0.5, 0.6) is 0 Å². The van der Waals surface area contributed by atoms with Crippen molar-refractivity contribution in [2.45, 2.75) is 24.9 Å². The van der Waals surface area contributed by atoms with E-state index in [1.54, 1.807) is 29.4 Å². The third kappa shape index (κ3) is 4.35. The summed E-state index contributed by atoms with van der Waals surface area (Å²) in [6.07, 6.45) is 4.88. The molecule has 2 aromatic carbocycles. The van der Waals surface area contributed by atoms with Crippen molar-refractivity contribution in [1.29, 1.82) is 0 Å². The Kier molecular flexibility index (Phi) is 5.41. The second kappa shape index (κ2) is 8.13. The van der Waals surface area contributed by atoms with E-state index in [4.69, 9.17) is 0 Å². The molecule has 0 radical (unpaired) electrons. The van der Waals surface area contributed by atoms with Gasteiger partial charge in [0.2, 0.25) is 0 Å². The van der Waals surface area contributed by atoms with Crippen molar-refractivity contribution < 1.29 is 14.3 Å². The predicted molar refractivity (Wildman–Crippen MR) is 110 cm³/mol. The van der Waals surface area contributed by atoms with Gasteiger partial charge in [0, 0.05) is 37.5 Å². The normalized spacial score (nSPS) is 15.9. The molecule has 0 atom stereocenters. The van der Waals surface area contributed by atoms with Gasteiger partial charge in [0.25, 0.3) is 5.91 Å². The highest BCUT2D eigenvalue weighted by Crippen LogP contribution is 2.29. The largest absolute Gasteiger partial charge is 0.389 e. The molecule has 4 rings (SSSR count). The summed E-state index contributed by atoms with van der Waals surface area (Å²) in [6, 6.07) is 17.6. The Balaban J connectivity index is 1.47. The number of hydrogen-bond acceptors (Lipinski definition) is 3. The number of amides is 1. The van der Waals surface area contributed by atoms with Crippen molar-refractivity contribution in [3.63, 3.8) is 0 Å². The number of likely N-dealkylation sites (tertiary alicyclic amines) is 1. The SMILES string of the molecule is O=C(c1ccccc1-c1ccncc1)N1CCC(O)(Cc2ccc(F)cc2)CC1. The van der Waals surface area contributed by atoms with E-state index in [1.165, 1.54) is 12.1 Å². The van der Waals surface area contributed by atoms with Gasteiger partial charge in [-0.2, -0.15) is 0 Å². The van der Waals surface area contributed by atoms with Gasteiger partial charge < -0.3 is 10.0 Å². The van der Waals surface area contributed by atoms with E-state index in [1.807, 2.05) is 36.4 Å². The van der Waals surface area contributed by atoms with Gasteiger partial charge in [-0.3, -0.25) is 9.78 Å². The van der Waals surface area contributed by atoms with Gasteiger partial charge in [-0.05, 0) is 59.9 Å². The third-order valence-corrected chi connectivity index (χ3v) is 5.58. The van der Waals surface area contributed by atoms with E-state index in [0.717, 1.165) is 16.7 Å². The minimum absolute atomic E-state index is 0.0266. The summed E-state index contributed by atoms with van der Waals surface area (Å²) in [7, 11) is 0. The van der Waals surface area contributed by atoms with Gasteiger partial charge in [-0.1, -0.05) is 30.3 Å². The molecule has 148 valence electrons. The summed E-state index contributed by atoms with van der Waals surface area (Å²) in [6.45, 7) is 0.975. The summed E-state index contributed by atoms with van der Waals surface area (Å²) in [5.41, 5.74) is 2.51. The summed E-state index contributed by atoms with van der Waals surface area (Å²) in [5.74, 6) is -0.310.